The molecule has 2 atom stereocenters. The lowest BCUT2D eigenvalue weighted by Crippen LogP contribution is -2.51. The van der Waals surface area contributed by atoms with Crippen LogP contribution in [-0.2, 0) is 4.79 Å². The molecule has 104 valence electrons. The fourth-order valence-electron chi connectivity index (χ4n) is 2.81. The fourth-order valence-corrected chi connectivity index (χ4v) is 2.81. The Kier molecular flexibility index (Phi) is 4.99. The number of hydrogen-bond acceptors (Lipinski definition) is 3. The number of nitrogens with one attached hydrogen (secondary N) is 1. The lowest BCUT2D eigenvalue weighted by atomic mass is 9.80. The molecule has 1 saturated carbocycles. The van der Waals surface area contributed by atoms with E-state index in [-0.39, 0.29) is 17.8 Å². The third-order valence-corrected chi connectivity index (χ3v) is 4.27. The number of nitrogens with zero attached hydrogens (tertiary/aromatic N) is 1. The number of carbonyl (C=O) groups is 1. The Morgan fingerprint density at radius 1 is 1.44 bits per heavy atom. The molecule has 0 bridgehead atoms. The van der Waals surface area contributed by atoms with Gasteiger partial charge in [-0.15, -0.1) is 0 Å². The SMILES string of the molecule is CCC(CC)(C(=O)NC1CCC(C)C1)C(N)=NO. The van der Waals surface area contributed by atoms with E-state index in [2.05, 4.69) is 17.4 Å². The molecule has 1 rings (SSSR count). The van der Waals surface area contributed by atoms with Gasteiger partial charge >= 0.3 is 0 Å². The maximum atomic E-state index is 12.4. The van der Waals surface area contributed by atoms with Gasteiger partial charge in [0.05, 0.1) is 0 Å². The van der Waals surface area contributed by atoms with Crippen molar-refractivity contribution in [2.45, 2.75) is 58.9 Å². The second-order valence-electron chi connectivity index (χ2n) is 5.36. The second kappa shape index (κ2) is 6.07. The number of rotatable bonds is 5. The van der Waals surface area contributed by atoms with Crippen LogP contribution in [0.4, 0.5) is 0 Å². The van der Waals surface area contributed by atoms with Crippen LogP contribution >= 0.6 is 0 Å². The van der Waals surface area contributed by atoms with E-state index in [1.54, 1.807) is 0 Å². The Hall–Kier alpha value is -1.26. The van der Waals surface area contributed by atoms with Gasteiger partial charge in [0.2, 0.25) is 5.91 Å². The van der Waals surface area contributed by atoms with Crippen LogP contribution in [0.15, 0.2) is 5.16 Å². The summed E-state index contributed by atoms with van der Waals surface area (Å²) in [6.45, 7) is 5.97. The average molecular weight is 255 g/mol. The summed E-state index contributed by atoms with van der Waals surface area (Å²) in [6.07, 6.45) is 4.26. The third kappa shape index (κ3) is 2.76. The van der Waals surface area contributed by atoms with E-state index in [4.69, 9.17) is 10.9 Å². The fraction of sp³-hybridized carbons (Fsp3) is 0.846. The van der Waals surface area contributed by atoms with Crippen molar-refractivity contribution in [3.8, 4) is 0 Å². The van der Waals surface area contributed by atoms with E-state index in [1.165, 1.54) is 0 Å². The third-order valence-electron chi connectivity index (χ3n) is 4.27. The predicted molar refractivity (Wildman–Crippen MR) is 71.4 cm³/mol. The van der Waals surface area contributed by atoms with Crippen molar-refractivity contribution in [2.24, 2.45) is 22.2 Å². The molecule has 1 amide bonds. The van der Waals surface area contributed by atoms with Gasteiger partial charge in [-0.1, -0.05) is 25.9 Å². The first-order chi connectivity index (χ1) is 8.50. The van der Waals surface area contributed by atoms with Gasteiger partial charge in [-0.25, -0.2) is 0 Å². The summed E-state index contributed by atoms with van der Waals surface area (Å²) in [5.74, 6) is 0.565. The van der Waals surface area contributed by atoms with Crippen molar-refractivity contribution < 1.29 is 10.0 Å². The molecular formula is C13H25N3O2. The minimum Gasteiger partial charge on any atom is -0.409 e. The summed E-state index contributed by atoms with van der Waals surface area (Å²) in [5, 5.41) is 15.0. The van der Waals surface area contributed by atoms with Gasteiger partial charge in [0.25, 0.3) is 0 Å². The predicted octanol–water partition coefficient (Wildman–Crippen LogP) is 1.84. The zero-order valence-electron chi connectivity index (χ0n) is 11.6. The monoisotopic (exact) mass is 255 g/mol. The number of nitrogens with two attached hydrogens (primary N) is 1. The van der Waals surface area contributed by atoms with Crippen LogP contribution in [0.1, 0.15) is 52.9 Å². The molecule has 0 heterocycles. The summed E-state index contributed by atoms with van der Waals surface area (Å²) >= 11 is 0. The normalized spacial score (nSPS) is 25.2. The van der Waals surface area contributed by atoms with Crippen molar-refractivity contribution in [2.75, 3.05) is 0 Å². The van der Waals surface area contributed by atoms with Crippen LogP contribution in [0.3, 0.4) is 0 Å². The van der Waals surface area contributed by atoms with E-state index in [0.29, 0.717) is 18.8 Å². The van der Waals surface area contributed by atoms with Crippen LogP contribution in [0.2, 0.25) is 0 Å². The Balaban J connectivity index is 2.77. The summed E-state index contributed by atoms with van der Waals surface area (Å²) in [6, 6.07) is 0.233. The standard InChI is InChI=1S/C13H25N3O2/c1-4-13(5-2,11(14)16-18)12(17)15-10-7-6-9(3)8-10/h9-10,18H,4-8H2,1-3H3,(H2,14,16)(H,15,17). The molecule has 2 unspecified atom stereocenters. The Morgan fingerprint density at radius 2 is 2.06 bits per heavy atom. The molecule has 0 aromatic rings. The van der Waals surface area contributed by atoms with Gasteiger partial charge in [-0.05, 0) is 38.0 Å². The quantitative estimate of drug-likeness (QED) is 0.303. The molecule has 0 aromatic heterocycles. The van der Waals surface area contributed by atoms with E-state index in [0.717, 1.165) is 19.3 Å². The summed E-state index contributed by atoms with van der Waals surface area (Å²) in [5.41, 5.74) is 4.84. The molecule has 18 heavy (non-hydrogen) atoms. The van der Waals surface area contributed by atoms with Crippen LogP contribution in [0.25, 0.3) is 0 Å². The highest BCUT2D eigenvalue weighted by Gasteiger charge is 2.41. The minimum atomic E-state index is -0.874. The highest BCUT2D eigenvalue weighted by atomic mass is 16.4. The molecule has 1 aliphatic rings. The highest BCUT2D eigenvalue weighted by molar-refractivity contribution is 6.06. The average Bonchev–Trinajstić information content (AvgIpc) is 2.76. The second-order valence-corrected chi connectivity index (χ2v) is 5.36. The van der Waals surface area contributed by atoms with E-state index >= 15 is 0 Å². The van der Waals surface area contributed by atoms with Crippen molar-refractivity contribution in [1.29, 1.82) is 0 Å². The Morgan fingerprint density at radius 3 is 2.44 bits per heavy atom. The molecule has 0 aromatic carbocycles. The van der Waals surface area contributed by atoms with E-state index in [9.17, 15) is 4.79 Å². The topological polar surface area (TPSA) is 87.7 Å². The molecule has 1 aliphatic carbocycles. The van der Waals surface area contributed by atoms with E-state index < -0.39 is 5.41 Å². The molecule has 0 radical (unpaired) electrons. The smallest absolute Gasteiger partial charge is 0.234 e. The van der Waals surface area contributed by atoms with Crippen LogP contribution in [0, 0.1) is 11.3 Å². The maximum absolute atomic E-state index is 12.4. The zero-order valence-corrected chi connectivity index (χ0v) is 11.6. The molecule has 5 heteroatoms. The van der Waals surface area contributed by atoms with Gasteiger partial charge in [0, 0.05) is 6.04 Å². The first kappa shape index (κ1) is 14.8. The first-order valence-electron chi connectivity index (χ1n) is 6.79. The first-order valence-corrected chi connectivity index (χ1v) is 6.79. The van der Waals surface area contributed by atoms with Crippen molar-refractivity contribution in [1.82, 2.24) is 5.32 Å². The van der Waals surface area contributed by atoms with Gasteiger partial charge in [-0.2, -0.15) is 0 Å². The largest absolute Gasteiger partial charge is 0.409 e. The molecule has 0 spiro atoms. The van der Waals surface area contributed by atoms with Crippen LogP contribution in [-0.4, -0.2) is 23.0 Å². The molecular weight excluding hydrogens is 230 g/mol. The molecule has 4 N–H and O–H groups in total. The number of amidine groups is 1. The number of hydrogen-bond donors (Lipinski definition) is 3. The van der Waals surface area contributed by atoms with Gasteiger partial charge < -0.3 is 16.3 Å². The molecule has 5 nitrogen and oxygen atoms in total. The highest BCUT2D eigenvalue weighted by Crippen LogP contribution is 2.30. The van der Waals surface area contributed by atoms with Crippen molar-refractivity contribution in [3.05, 3.63) is 0 Å². The van der Waals surface area contributed by atoms with Gasteiger partial charge in [-0.3, -0.25) is 4.79 Å². The van der Waals surface area contributed by atoms with Gasteiger partial charge in [0.1, 0.15) is 5.41 Å². The van der Waals surface area contributed by atoms with E-state index in [1.807, 2.05) is 13.8 Å². The van der Waals surface area contributed by atoms with Crippen molar-refractivity contribution >= 4 is 11.7 Å². The Labute approximate surface area is 109 Å². The summed E-state index contributed by atoms with van der Waals surface area (Å²) < 4.78 is 0. The number of oxime groups is 1. The lowest BCUT2D eigenvalue weighted by molar-refractivity contribution is -0.128. The molecule has 1 fully saturated rings. The van der Waals surface area contributed by atoms with Crippen LogP contribution < -0.4 is 11.1 Å². The molecule has 0 saturated heterocycles. The van der Waals surface area contributed by atoms with Crippen molar-refractivity contribution in [3.63, 3.8) is 0 Å². The Bertz CT molecular complexity index is 324. The van der Waals surface area contributed by atoms with Crippen LogP contribution in [0.5, 0.6) is 0 Å². The summed E-state index contributed by atoms with van der Waals surface area (Å²) in [4.78, 5) is 12.4. The van der Waals surface area contributed by atoms with Gasteiger partial charge in [0.15, 0.2) is 5.84 Å². The summed E-state index contributed by atoms with van der Waals surface area (Å²) in [7, 11) is 0. The molecule has 0 aliphatic heterocycles. The maximum Gasteiger partial charge on any atom is 0.234 e. The zero-order chi connectivity index (χ0) is 13.8. The lowest BCUT2D eigenvalue weighted by Gasteiger charge is -2.30. The number of carbonyl (C=O) groups excluding carboxylic acids is 1. The number of amides is 1. The minimum absolute atomic E-state index is 0.0102.